The smallest absolute Gasteiger partial charge is 0.338 e. The second kappa shape index (κ2) is 15.9. The van der Waals surface area contributed by atoms with E-state index in [-0.39, 0.29) is 19.7 Å². The van der Waals surface area contributed by atoms with Gasteiger partial charge in [0.25, 0.3) is 0 Å². The average molecular weight is 477 g/mol. The van der Waals surface area contributed by atoms with Gasteiger partial charge in [0.05, 0.1) is 23.5 Å². The molecule has 0 aliphatic rings. The Bertz CT molecular complexity index is 1090. The molecule has 14 heteroatoms. The van der Waals surface area contributed by atoms with Crippen LogP contribution in [-0.2, 0) is 4.74 Å². The van der Waals surface area contributed by atoms with Crippen LogP contribution in [0.4, 0.5) is 17.1 Å². The van der Waals surface area contributed by atoms with Gasteiger partial charge in [-0.25, -0.2) is 4.79 Å². The summed E-state index contributed by atoms with van der Waals surface area (Å²) in [7, 11) is 0. The van der Waals surface area contributed by atoms with Crippen LogP contribution in [0.2, 0.25) is 0 Å². The molecular weight excluding hydrogens is 452 g/mol. The molecule has 0 unspecified atom stereocenters. The number of hydrogen-bond acceptors (Lipinski definition) is 8. The van der Waals surface area contributed by atoms with Crippen molar-refractivity contribution in [2.75, 3.05) is 44.2 Å². The zero-order valence-electron chi connectivity index (χ0n) is 19.0. The summed E-state index contributed by atoms with van der Waals surface area (Å²) >= 11 is 0. The zero-order chi connectivity index (χ0) is 25.1. The molecule has 180 valence electrons. The molecule has 0 saturated heterocycles. The lowest BCUT2D eigenvalue weighted by Gasteiger charge is -2.23. The topological polar surface area (TPSA) is 201 Å². The van der Waals surface area contributed by atoms with Gasteiger partial charge in [-0.15, -0.1) is 0 Å². The van der Waals surface area contributed by atoms with Crippen LogP contribution in [0.25, 0.3) is 31.3 Å². The number of unbranched alkanes of at least 4 members (excludes halogenated alkanes) is 1. The number of rotatable bonds is 15. The van der Waals surface area contributed by atoms with E-state index in [0.29, 0.717) is 49.4 Å². The number of nitrogens with zero attached hydrogens (tertiary/aromatic N) is 12. The minimum absolute atomic E-state index is 0.256. The van der Waals surface area contributed by atoms with Gasteiger partial charge >= 0.3 is 5.97 Å². The van der Waals surface area contributed by atoms with Gasteiger partial charge in [-0.3, -0.25) is 0 Å². The third kappa shape index (κ3) is 10.1. The van der Waals surface area contributed by atoms with Crippen LogP contribution in [0.15, 0.2) is 74.1 Å². The molecule has 0 heterocycles. The number of anilines is 1. The number of azo groups is 1. The number of esters is 1. The van der Waals surface area contributed by atoms with Crippen molar-refractivity contribution in [3.05, 3.63) is 85.4 Å². The fourth-order valence-electron chi connectivity index (χ4n) is 2.88. The third-order valence-corrected chi connectivity index (χ3v) is 4.61. The molecule has 0 fully saturated rings. The molecule has 2 aromatic rings. The quantitative estimate of drug-likeness (QED) is 0.0897. The van der Waals surface area contributed by atoms with Crippen LogP contribution in [-0.4, -0.2) is 45.3 Å². The van der Waals surface area contributed by atoms with E-state index in [2.05, 4.69) is 40.3 Å². The van der Waals surface area contributed by atoms with Gasteiger partial charge < -0.3 is 9.64 Å². The van der Waals surface area contributed by atoms with E-state index >= 15 is 0 Å². The van der Waals surface area contributed by atoms with Crippen LogP contribution >= 0.6 is 0 Å². The predicted octanol–water partition coefficient (Wildman–Crippen LogP) is 6.78. The van der Waals surface area contributed by atoms with Crippen molar-refractivity contribution in [1.29, 1.82) is 0 Å². The highest BCUT2D eigenvalue weighted by atomic mass is 16.5. The van der Waals surface area contributed by atoms with Gasteiger partial charge in [-0.05, 0) is 78.0 Å². The van der Waals surface area contributed by atoms with Crippen molar-refractivity contribution in [3.8, 4) is 0 Å². The Morgan fingerprint density at radius 1 is 0.743 bits per heavy atom. The van der Waals surface area contributed by atoms with E-state index in [9.17, 15) is 4.79 Å². The van der Waals surface area contributed by atoms with Crippen molar-refractivity contribution < 1.29 is 9.53 Å². The summed E-state index contributed by atoms with van der Waals surface area (Å²) < 4.78 is 5.19. The molecule has 0 aromatic heterocycles. The Kier molecular flexibility index (Phi) is 12.1. The van der Waals surface area contributed by atoms with Crippen LogP contribution in [0, 0.1) is 0 Å². The summed E-state index contributed by atoms with van der Waals surface area (Å²) in [4.78, 5) is 22.2. The molecule has 0 spiro atoms. The lowest BCUT2D eigenvalue weighted by atomic mass is 10.2. The maximum atomic E-state index is 12.1. The maximum absolute atomic E-state index is 12.1. The average Bonchev–Trinajstić information content (AvgIpc) is 2.89. The van der Waals surface area contributed by atoms with E-state index in [1.165, 1.54) is 0 Å². The summed E-state index contributed by atoms with van der Waals surface area (Å²) in [6.07, 6.45) is 1.27. The summed E-state index contributed by atoms with van der Waals surface area (Å²) in [5.74, 6) is -0.432. The molecule has 0 amide bonds. The summed E-state index contributed by atoms with van der Waals surface area (Å²) in [6.45, 7) is 2.17. The van der Waals surface area contributed by atoms with Crippen molar-refractivity contribution in [3.63, 3.8) is 0 Å². The number of hydrogen-bond donors (Lipinski definition) is 0. The third-order valence-electron chi connectivity index (χ3n) is 4.61. The predicted molar refractivity (Wildman–Crippen MR) is 131 cm³/mol. The van der Waals surface area contributed by atoms with E-state index in [4.69, 9.17) is 21.3 Å². The second-order valence-electron chi connectivity index (χ2n) is 6.96. The molecule has 14 nitrogen and oxygen atoms in total. The molecule has 0 radical (unpaired) electrons. The molecule has 2 rings (SSSR count). The highest BCUT2D eigenvalue weighted by Gasteiger charge is 2.07. The Morgan fingerprint density at radius 2 is 1.26 bits per heavy atom. The molecule has 0 bridgehead atoms. The first-order valence-corrected chi connectivity index (χ1v) is 10.7. The first-order chi connectivity index (χ1) is 17.2. The van der Waals surface area contributed by atoms with Gasteiger partial charge in [-0.2, -0.15) is 10.2 Å². The molecule has 0 aliphatic carbocycles. The summed E-state index contributed by atoms with van der Waals surface area (Å²) in [5, 5.41) is 18.9. The molecule has 0 atom stereocenters. The fraction of sp³-hybridized carbons (Fsp3) is 0.381. The normalized spacial score (nSPS) is 10.1. The standard InChI is InChI=1S/C21H24N12O2/c22-30-25-11-1-2-16-35-21(34)17-3-5-18(6-4-17)28-29-19-7-9-20(10-8-19)33(14-12-26-31-23)15-13-27-32-24/h3-10H,1-2,11-16H2. The minimum Gasteiger partial charge on any atom is -0.462 e. The van der Waals surface area contributed by atoms with Gasteiger partial charge in [0.2, 0.25) is 0 Å². The van der Waals surface area contributed by atoms with Crippen molar-refractivity contribution in [2.45, 2.75) is 12.8 Å². The number of carbonyl (C=O) groups is 1. The van der Waals surface area contributed by atoms with Crippen molar-refractivity contribution in [1.82, 2.24) is 0 Å². The minimum atomic E-state index is -0.432. The maximum Gasteiger partial charge on any atom is 0.338 e. The molecule has 2 aromatic carbocycles. The molecule has 0 N–H and O–H groups in total. The first kappa shape index (κ1) is 26.5. The van der Waals surface area contributed by atoms with Crippen LogP contribution in [0.1, 0.15) is 23.2 Å². The molecule has 0 saturated carbocycles. The second-order valence-corrected chi connectivity index (χ2v) is 6.96. The van der Waals surface area contributed by atoms with Gasteiger partial charge in [0.15, 0.2) is 0 Å². The highest BCUT2D eigenvalue weighted by Crippen LogP contribution is 2.23. The van der Waals surface area contributed by atoms with Gasteiger partial charge in [-0.1, -0.05) is 15.3 Å². The van der Waals surface area contributed by atoms with E-state index in [1.807, 2.05) is 17.0 Å². The van der Waals surface area contributed by atoms with Gasteiger partial charge in [0.1, 0.15) is 0 Å². The number of ether oxygens (including phenoxy) is 1. The van der Waals surface area contributed by atoms with Crippen molar-refractivity contribution >= 4 is 23.0 Å². The highest BCUT2D eigenvalue weighted by molar-refractivity contribution is 5.89. The zero-order valence-corrected chi connectivity index (χ0v) is 19.0. The molecule has 35 heavy (non-hydrogen) atoms. The monoisotopic (exact) mass is 476 g/mol. The first-order valence-electron chi connectivity index (χ1n) is 10.7. The molecular formula is C21H24N12O2. The SMILES string of the molecule is [N-]=[N+]=NCCCCOC(=O)c1ccc(N=Nc2ccc(N(CCN=[N+]=[N-])CCN=[N+]=[N-])cc2)cc1. The summed E-state index contributed by atoms with van der Waals surface area (Å²) in [6, 6.07) is 13.9. The van der Waals surface area contributed by atoms with Gasteiger partial charge in [0, 0.05) is 53.1 Å². The van der Waals surface area contributed by atoms with Crippen LogP contribution in [0.3, 0.4) is 0 Å². The number of carbonyl (C=O) groups excluding carboxylic acids is 1. The fourth-order valence-corrected chi connectivity index (χ4v) is 2.88. The lowest BCUT2D eigenvalue weighted by molar-refractivity contribution is 0.0499. The lowest BCUT2D eigenvalue weighted by Crippen LogP contribution is -2.28. The Labute approximate surface area is 201 Å². The Balaban J connectivity index is 1.92. The number of benzene rings is 2. The van der Waals surface area contributed by atoms with Crippen molar-refractivity contribution in [2.24, 2.45) is 25.6 Å². The largest absolute Gasteiger partial charge is 0.462 e. The van der Waals surface area contributed by atoms with Crippen LogP contribution < -0.4 is 4.90 Å². The number of azide groups is 3. The van der Waals surface area contributed by atoms with E-state index in [1.54, 1.807) is 36.4 Å². The Hall–Kier alpha value is -4.76. The molecule has 0 aliphatic heterocycles. The van der Waals surface area contributed by atoms with Crippen LogP contribution in [0.5, 0.6) is 0 Å². The Morgan fingerprint density at radius 3 is 1.80 bits per heavy atom. The van der Waals surface area contributed by atoms with E-state index < -0.39 is 5.97 Å². The van der Waals surface area contributed by atoms with E-state index in [0.717, 1.165) is 5.69 Å². The summed E-state index contributed by atoms with van der Waals surface area (Å²) in [5.41, 5.74) is 27.6.